The number of carbonyl (C=O) groups excluding carboxylic acids is 4. The van der Waals surface area contributed by atoms with Gasteiger partial charge in [0.25, 0.3) is 5.91 Å². The Balaban J connectivity index is 1.24. The largest absolute Gasteiger partial charge is 0.444 e. The smallest absolute Gasteiger partial charge is 0.410 e. The van der Waals surface area contributed by atoms with Crippen LogP contribution < -0.4 is 10.0 Å². The normalized spacial score (nSPS) is 25.1. The third kappa shape index (κ3) is 7.78. The first-order valence-corrected chi connectivity index (χ1v) is 20.6. The SMILES string of the molecule is CC[C@@H]1C[C@]1(NC(=O)[C@@H]1C[C@@H](OC(=O)N2Cc3cccc(Cl)c3C2)CN1C(=O)[C@@H](Cc1nc(C(C)C)cs1)C(C)(C)C)C(=O)NS(=O)(=O)C1CC1. The molecule has 2 aliphatic carbocycles. The van der Waals surface area contributed by atoms with Gasteiger partial charge in [0.05, 0.1) is 29.0 Å². The fourth-order valence-electron chi connectivity index (χ4n) is 7.22. The molecular formula is C36H48ClN5O7S2. The van der Waals surface area contributed by atoms with E-state index in [0.29, 0.717) is 37.3 Å². The van der Waals surface area contributed by atoms with Crippen LogP contribution in [-0.2, 0) is 48.7 Å². The molecule has 2 aliphatic heterocycles. The Bertz CT molecular complexity index is 1820. The topological polar surface area (TPSA) is 155 Å². The number of halogens is 1. The molecule has 2 aromatic rings. The summed E-state index contributed by atoms with van der Waals surface area (Å²) in [5.74, 6) is -2.20. The molecule has 5 atom stereocenters. The molecule has 0 radical (unpaired) electrons. The zero-order valence-corrected chi connectivity index (χ0v) is 32.4. The number of nitrogens with one attached hydrogen (secondary N) is 2. The summed E-state index contributed by atoms with van der Waals surface area (Å²) in [5.41, 5.74) is 0.815. The number of likely N-dealkylation sites (tertiary alicyclic amines) is 1. The molecule has 0 spiro atoms. The van der Waals surface area contributed by atoms with Crippen LogP contribution in [0, 0.1) is 17.3 Å². The first-order valence-electron chi connectivity index (χ1n) is 17.8. The van der Waals surface area contributed by atoms with Crippen molar-refractivity contribution in [3.63, 3.8) is 0 Å². The highest BCUT2D eigenvalue weighted by Gasteiger charge is 2.62. The summed E-state index contributed by atoms with van der Waals surface area (Å²) in [6.07, 6.45) is 0.817. The van der Waals surface area contributed by atoms with Crippen LogP contribution in [0.25, 0.3) is 0 Å². The van der Waals surface area contributed by atoms with E-state index >= 15 is 0 Å². The maximum absolute atomic E-state index is 14.6. The predicted octanol–water partition coefficient (Wildman–Crippen LogP) is 5.14. The molecule has 3 heterocycles. The molecule has 2 saturated carbocycles. The lowest BCUT2D eigenvalue weighted by Crippen LogP contribution is -2.57. The molecule has 0 unspecified atom stereocenters. The molecule has 0 bridgehead atoms. The van der Waals surface area contributed by atoms with Gasteiger partial charge in [-0.15, -0.1) is 11.3 Å². The van der Waals surface area contributed by atoms with Crippen LogP contribution in [0.2, 0.25) is 5.02 Å². The maximum Gasteiger partial charge on any atom is 0.410 e. The quantitative estimate of drug-likeness (QED) is 0.319. The van der Waals surface area contributed by atoms with Gasteiger partial charge in [-0.1, -0.05) is 71.7 Å². The van der Waals surface area contributed by atoms with Gasteiger partial charge in [-0.3, -0.25) is 24.0 Å². The Morgan fingerprint density at radius 2 is 1.88 bits per heavy atom. The van der Waals surface area contributed by atoms with Gasteiger partial charge in [0, 0.05) is 35.7 Å². The zero-order chi connectivity index (χ0) is 37.0. The van der Waals surface area contributed by atoms with Gasteiger partial charge in [0.2, 0.25) is 21.8 Å². The minimum absolute atomic E-state index is 0.0155. The van der Waals surface area contributed by atoms with Gasteiger partial charge >= 0.3 is 6.09 Å². The highest BCUT2D eigenvalue weighted by atomic mass is 35.5. The zero-order valence-electron chi connectivity index (χ0n) is 30.0. The van der Waals surface area contributed by atoms with Crippen molar-refractivity contribution in [1.82, 2.24) is 24.8 Å². The number of nitrogens with zero attached hydrogens (tertiary/aromatic N) is 3. The lowest BCUT2D eigenvalue weighted by atomic mass is 9.77. The Morgan fingerprint density at radius 3 is 2.47 bits per heavy atom. The summed E-state index contributed by atoms with van der Waals surface area (Å²) in [7, 11) is -3.85. The Labute approximate surface area is 309 Å². The van der Waals surface area contributed by atoms with E-state index in [1.807, 2.05) is 45.2 Å². The molecule has 2 N–H and O–H groups in total. The average molecular weight is 762 g/mol. The highest BCUT2D eigenvalue weighted by molar-refractivity contribution is 7.91. The second-order valence-electron chi connectivity index (χ2n) is 15.9. The number of hydrogen-bond donors (Lipinski definition) is 2. The van der Waals surface area contributed by atoms with E-state index < -0.39 is 62.2 Å². The molecule has 4 amide bonds. The van der Waals surface area contributed by atoms with Crippen molar-refractivity contribution < 1.29 is 32.3 Å². The number of benzene rings is 1. The summed E-state index contributed by atoms with van der Waals surface area (Å²) in [5, 5.41) is 5.67. The average Bonchev–Trinajstić information content (AvgIpc) is 3.86. The highest BCUT2D eigenvalue weighted by Crippen LogP contribution is 2.47. The molecule has 15 heteroatoms. The van der Waals surface area contributed by atoms with Gasteiger partial charge in [-0.2, -0.15) is 0 Å². The lowest BCUT2D eigenvalue weighted by molar-refractivity contribution is -0.145. The monoisotopic (exact) mass is 761 g/mol. The van der Waals surface area contributed by atoms with Gasteiger partial charge in [0.15, 0.2) is 0 Å². The van der Waals surface area contributed by atoms with E-state index in [2.05, 4.69) is 23.9 Å². The minimum Gasteiger partial charge on any atom is -0.444 e. The number of carbonyl (C=O) groups is 4. The van der Waals surface area contributed by atoms with E-state index in [4.69, 9.17) is 21.3 Å². The Hall–Kier alpha value is -3.23. The molecule has 278 valence electrons. The fourth-order valence-corrected chi connectivity index (χ4v) is 9.84. The third-order valence-corrected chi connectivity index (χ3v) is 13.8. The summed E-state index contributed by atoms with van der Waals surface area (Å²) in [6, 6.07) is 4.46. The van der Waals surface area contributed by atoms with Crippen molar-refractivity contribution in [3.8, 4) is 0 Å². The molecule has 1 aromatic carbocycles. The number of sulfonamides is 1. The van der Waals surface area contributed by atoms with Gasteiger partial charge in [-0.25, -0.2) is 18.2 Å². The molecule has 6 rings (SSSR count). The summed E-state index contributed by atoms with van der Waals surface area (Å²) < 4.78 is 33.6. The van der Waals surface area contributed by atoms with Crippen molar-refractivity contribution in [2.45, 2.75) is 122 Å². The maximum atomic E-state index is 14.6. The molecule has 1 saturated heterocycles. The second kappa shape index (κ2) is 14.0. The Kier molecular flexibility index (Phi) is 10.3. The van der Waals surface area contributed by atoms with Crippen LogP contribution in [0.1, 0.15) is 101 Å². The van der Waals surface area contributed by atoms with Crippen molar-refractivity contribution in [3.05, 3.63) is 50.4 Å². The van der Waals surface area contributed by atoms with E-state index in [0.717, 1.165) is 21.8 Å². The van der Waals surface area contributed by atoms with Gasteiger partial charge in [-0.05, 0) is 53.7 Å². The van der Waals surface area contributed by atoms with Gasteiger partial charge < -0.3 is 15.0 Å². The van der Waals surface area contributed by atoms with Crippen LogP contribution >= 0.6 is 22.9 Å². The summed E-state index contributed by atoms with van der Waals surface area (Å²) >= 11 is 7.88. The van der Waals surface area contributed by atoms with E-state index in [1.54, 1.807) is 11.0 Å². The van der Waals surface area contributed by atoms with Crippen molar-refractivity contribution in [2.75, 3.05) is 6.54 Å². The molecule has 3 fully saturated rings. The van der Waals surface area contributed by atoms with E-state index in [9.17, 15) is 27.6 Å². The molecule has 12 nitrogen and oxygen atoms in total. The number of thiazole rings is 1. The number of rotatable bonds is 11. The van der Waals surface area contributed by atoms with Crippen molar-refractivity contribution in [1.29, 1.82) is 0 Å². The number of hydrogen-bond acceptors (Lipinski definition) is 9. The van der Waals surface area contributed by atoms with Crippen LogP contribution in [-0.4, -0.2) is 76.5 Å². The first-order chi connectivity index (χ1) is 23.9. The third-order valence-electron chi connectivity index (χ3n) is 10.7. The predicted molar refractivity (Wildman–Crippen MR) is 193 cm³/mol. The molecular weight excluding hydrogens is 714 g/mol. The van der Waals surface area contributed by atoms with E-state index in [-0.39, 0.29) is 43.7 Å². The van der Waals surface area contributed by atoms with Crippen molar-refractivity contribution in [2.24, 2.45) is 17.3 Å². The standard InChI is InChI=1S/C36H48ClN5O7S2/c1-7-22-15-36(22,33(45)40-51(47,48)24-11-12-24)39-31(43)29-13-23(49-34(46)41-16-21-9-8-10-27(37)25(21)18-41)17-42(29)32(44)26(35(4,5)6)14-30-38-28(19-50-30)20(2)3/h8-10,19-20,22-24,26,29H,7,11-18H2,1-6H3,(H,39,43)(H,40,45)/t22-,23-,26-,29+,36-/m1/s1. The first kappa shape index (κ1) is 37.5. The van der Waals surface area contributed by atoms with E-state index in [1.165, 1.54) is 16.2 Å². The molecule has 1 aromatic heterocycles. The number of ether oxygens (including phenoxy) is 1. The Morgan fingerprint density at radius 1 is 1.16 bits per heavy atom. The summed E-state index contributed by atoms with van der Waals surface area (Å²) in [4.78, 5) is 63.7. The van der Waals surface area contributed by atoms with Crippen LogP contribution in [0.4, 0.5) is 4.79 Å². The van der Waals surface area contributed by atoms with Gasteiger partial charge in [0.1, 0.15) is 17.7 Å². The number of aromatic nitrogens is 1. The number of fused-ring (bicyclic) bond motifs is 1. The second-order valence-corrected chi connectivity index (χ2v) is 19.2. The summed E-state index contributed by atoms with van der Waals surface area (Å²) in [6.45, 7) is 12.5. The van der Waals surface area contributed by atoms with Crippen molar-refractivity contribution >= 4 is 56.8 Å². The van der Waals surface area contributed by atoms with Crippen LogP contribution in [0.15, 0.2) is 23.6 Å². The fraction of sp³-hybridized carbons (Fsp3) is 0.639. The number of amides is 4. The minimum atomic E-state index is -3.85. The molecule has 51 heavy (non-hydrogen) atoms. The lowest BCUT2D eigenvalue weighted by Gasteiger charge is -2.35. The van der Waals surface area contributed by atoms with Crippen LogP contribution in [0.3, 0.4) is 0 Å². The van der Waals surface area contributed by atoms with Crippen LogP contribution in [0.5, 0.6) is 0 Å². The molecule has 4 aliphatic rings.